The van der Waals surface area contributed by atoms with E-state index in [0.717, 1.165) is 18.1 Å². The fourth-order valence-corrected chi connectivity index (χ4v) is 1.66. The first-order valence-corrected chi connectivity index (χ1v) is 5.27. The molecule has 0 atom stereocenters. The van der Waals surface area contributed by atoms with Crippen LogP contribution in [0.5, 0.6) is 0 Å². The molecule has 0 aromatic carbocycles. The Morgan fingerprint density at radius 2 is 2.21 bits per heavy atom. The minimum absolute atomic E-state index is 0.568. The smallest absolute Gasteiger partial charge is 0.129 e. The Morgan fingerprint density at radius 3 is 2.79 bits per heavy atom. The van der Waals surface area contributed by atoms with Crippen molar-refractivity contribution in [1.29, 1.82) is 0 Å². The van der Waals surface area contributed by atoms with E-state index >= 15 is 0 Å². The Morgan fingerprint density at radius 1 is 1.43 bits per heavy atom. The summed E-state index contributed by atoms with van der Waals surface area (Å²) in [5, 5.41) is 3.39. The van der Waals surface area contributed by atoms with E-state index in [2.05, 4.69) is 22.2 Å². The lowest BCUT2D eigenvalue weighted by atomic mass is 10.0. The number of rotatable bonds is 4. The van der Waals surface area contributed by atoms with E-state index in [0.29, 0.717) is 5.41 Å². The van der Waals surface area contributed by atoms with E-state index in [1.165, 1.54) is 19.3 Å². The van der Waals surface area contributed by atoms with E-state index in [1.807, 2.05) is 13.0 Å². The van der Waals surface area contributed by atoms with Crippen LogP contribution in [0.4, 0.5) is 5.82 Å². The van der Waals surface area contributed by atoms with Crippen molar-refractivity contribution in [2.24, 2.45) is 5.41 Å². The van der Waals surface area contributed by atoms with Crippen molar-refractivity contribution < 1.29 is 0 Å². The monoisotopic (exact) mass is 191 g/mol. The van der Waals surface area contributed by atoms with E-state index in [4.69, 9.17) is 0 Å². The van der Waals surface area contributed by atoms with Gasteiger partial charge in [-0.2, -0.15) is 0 Å². The van der Waals surface area contributed by atoms with Crippen LogP contribution in [0, 0.1) is 12.3 Å². The summed E-state index contributed by atoms with van der Waals surface area (Å²) in [7, 11) is 0. The van der Waals surface area contributed by atoms with Crippen LogP contribution in [0.2, 0.25) is 0 Å². The second kappa shape index (κ2) is 3.56. The molecule has 76 valence electrons. The number of nitrogens with zero attached hydrogens (tertiary/aromatic N) is 2. The summed E-state index contributed by atoms with van der Waals surface area (Å²) in [6.45, 7) is 5.30. The second-order valence-electron chi connectivity index (χ2n) is 4.25. The van der Waals surface area contributed by atoms with Crippen LogP contribution in [-0.2, 0) is 0 Å². The van der Waals surface area contributed by atoms with Gasteiger partial charge in [0.25, 0.3) is 0 Å². The molecule has 3 heteroatoms. The molecule has 0 radical (unpaired) electrons. The van der Waals surface area contributed by atoms with Gasteiger partial charge in [0.2, 0.25) is 0 Å². The fraction of sp³-hybridized carbons (Fsp3) is 0.636. The third-order valence-electron chi connectivity index (χ3n) is 3.16. The highest BCUT2D eigenvalue weighted by Crippen LogP contribution is 2.48. The van der Waals surface area contributed by atoms with Gasteiger partial charge >= 0.3 is 0 Å². The Kier molecular flexibility index (Phi) is 2.40. The molecule has 14 heavy (non-hydrogen) atoms. The summed E-state index contributed by atoms with van der Waals surface area (Å²) < 4.78 is 0. The lowest BCUT2D eigenvalue weighted by Crippen LogP contribution is -2.15. The zero-order valence-electron chi connectivity index (χ0n) is 8.88. The van der Waals surface area contributed by atoms with Gasteiger partial charge in [-0.05, 0) is 31.6 Å². The first kappa shape index (κ1) is 9.44. The van der Waals surface area contributed by atoms with E-state index < -0.39 is 0 Å². The van der Waals surface area contributed by atoms with Gasteiger partial charge in [-0.25, -0.2) is 9.97 Å². The van der Waals surface area contributed by atoms with Gasteiger partial charge in [-0.15, -0.1) is 0 Å². The minimum atomic E-state index is 0.568. The highest BCUT2D eigenvalue weighted by atomic mass is 15.0. The van der Waals surface area contributed by atoms with Gasteiger partial charge < -0.3 is 5.32 Å². The van der Waals surface area contributed by atoms with Crippen LogP contribution in [0.1, 0.15) is 31.9 Å². The maximum atomic E-state index is 4.18. The number of nitrogens with one attached hydrogen (secondary N) is 1. The summed E-state index contributed by atoms with van der Waals surface area (Å²) in [6, 6.07) is 1.99. The molecule has 1 N–H and O–H groups in total. The normalized spacial score (nSPS) is 17.9. The highest BCUT2D eigenvalue weighted by Gasteiger charge is 2.40. The van der Waals surface area contributed by atoms with Gasteiger partial charge in [0.1, 0.15) is 12.1 Å². The summed E-state index contributed by atoms with van der Waals surface area (Å²) >= 11 is 0. The zero-order valence-corrected chi connectivity index (χ0v) is 8.88. The number of hydrogen-bond donors (Lipinski definition) is 1. The van der Waals surface area contributed by atoms with Crippen LogP contribution in [0.25, 0.3) is 0 Å². The lowest BCUT2D eigenvalue weighted by Gasteiger charge is -2.13. The van der Waals surface area contributed by atoms with Crippen molar-refractivity contribution in [2.75, 3.05) is 11.9 Å². The average Bonchev–Trinajstić information content (AvgIpc) is 2.96. The molecular formula is C11H17N3. The third kappa shape index (κ3) is 2.03. The predicted molar refractivity (Wildman–Crippen MR) is 57.2 cm³/mol. The largest absolute Gasteiger partial charge is 0.369 e. The van der Waals surface area contributed by atoms with Crippen molar-refractivity contribution in [3.05, 3.63) is 18.1 Å². The molecule has 1 aliphatic rings. The molecule has 2 rings (SSSR count). The number of aryl methyl sites for hydroxylation is 1. The SMILES string of the molecule is CCC1(CNc2cc(C)ncn2)CC1. The van der Waals surface area contributed by atoms with E-state index in [1.54, 1.807) is 6.33 Å². The van der Waals surface area contributed by atoms with Gasteiger partial charge in [0, 0.05) is 18.3 Å². The molecule has 1 fully saturated rings. The number of anilines is 1. The van der Waals surface area contributed by atoms with Crippen LogP contribution >= 0.6 is 0 Å². The quantitative estimate of drug-likeness (QED) is 0.794. The molecular weight excluding hydrogens is 174 g/mol. The molecule has 0 saturated heterocycles. The molecule has 1 aromatic heterocycles. The van der Waals surface area contributed by atoms with Gasteiger partial charge in [0.05, 0.1) is 0 Å². The summed E-state index contributed by atoms with van der Waals surface area (Å²) in [5.74, 6) is 0.956. The van der Waals surface area contributed by atoms with E-state index in [-0.39, 0.29) is 0 Å². The molecule has 3 nitrogen and oxygen atoms in total. The summed E-state index contributed by atoms with van der Waals surface area (Å²) in [6.07, 6.45) is 5.61. The summed E-state index contributed by atoms with van der Waals surface area (Å²) in [5.41, 5.74) is 1.59. The van der Waals surface area contributed by atoms with Crippen molar-refractivity contribution in [2.45, 2.75) is 33.1 Å². The molecule has 1 heterocycles. The molecule has 1 aromatic rings. The zero-order chi connectivity index (χ0) is 10.0. The highest BCUT2D eigenvalue weighted by molar-refractivity contribution is 5.35. The standard InChI is InChI=1S/C11H17N3/c1-3-11(4-5-11)7-12-10-6-9(2)13-8-14-10/h6,8H,3-5,7H2,1-2H3,(H,12,13,14). The third-order valence-corrected chi connectivity index (χ3v) is 3.16. The molecule has 1 saturated carbocycles. The first-order chi connectivity index (χ1) is 6.74. The molecule has 0 spiro atoms. The molecule has 1 aliphatic carbocycles. The molecule has 0 unspecified atom stereocenters. The topological polar surface area (TPSA) is 37.8 Å². The summed E-state index contributed by atoms with van der Waals surface area (Å²) in [4.78, 5) is 8.25. The van der Waals surface area contributed by atoms with Gasteiger partial charge in [0.15, 0.2) is 0 Å². The average molecular weight is 191 g/mol. The van der Waals surface area contributed by atoms with Crippen molar-refractivity contribution in [3.63, 3.8) is 0 Å². The Hall–Kier alpha value is -1.12. The second-order valence-corrected chi connectivity index (χ2v) is 4.25. The van der Waals surface area contributed by atoms with Crippen LogP contribution in [-0.4, -0.2) is 16.5 Å². The van der Waals surface area contributed by atoms with Crippen molar-refractivity contribution in [3.8, 4) is 0 Å². The Balaban J connectivity index is 1.92. The number of hydrogen-bond acceptors (Lipinski definition) is 3. The fourth-order valence-electron chi connectivity index (χ4n) is 1.66. The maximum Gasteiger partial charge on any atom is 0.129 e. The van der Waals surface area contributed by atoms with Crippen molar-refractivity contribution in [1.82, 2.24) is 9.97 Å². The van der Waals surface area contributed by atoms with Crippen LogP contribution < -0.4 is 5.32 Å². The van der Waals surface area contributed by atoms with Crippen molar-refractivity contribution >= 4 is 5.82 Å². The lowest BCUT2D eigenvalue weighted by molar-refractivity contribution is 0.520. The molecule has 0 amide bonds. The Labute approximate surface area is 85.0 Å². The van der Waals surface area contributed by atoms with Crippen LogP contribution in [0.15, 0.2) is 12.4 Å². The molecule has 0 aliphatic heterocycles. The molecule has 0 bridgehead atoms. The van der Waals surface area contributed by atoms with E-state index in [9.17, 15) is 0 Å². The van der Waals surface area contributed by atoms with Gasteiger partial charge in [-0.3, -0.25) is 0 Å². The van der Waals surface area contributed by atoms with Crippen LogP contribution in [0.3, 0.4) is 0 Å². The van der Waals surface area contributed by atoms with Gasteiger partial charge in [-0.1, -0.05) is 6.92 Å². The Bertz CT molecular complexity index is 318. The predicted octanol–water partition coefficient (Wildman–Crippen LogP) is 2.39. The minimum Gasteiger partial charge on any atom is -0.369 e. The first-order valence-electron chi connectivity index (χ1n) is 5.27. The maximum absolute atomic E-state index is 4.18. The number of aromatic nitrogens is 2.